The van der Waals surface area contributed by atoms with Crippen LogP contribution in [0.4, 0.5) is 5.82 Å². The van der Waals surface area contributed by atoms with Gasteiger partial charge in [0.25, 0.3) is 5.91 Å². The molecule has 1 unspecified atom stereocenters. The van der Waals surface area contributed by atoms with Gasteiger partial charge in [0.05, 0.1) is 6.20 Å². The van der Waals surface area contributed by atoms with Crippen LogP contribution in [-0.2, 0) is 0 Å². The number of carbonyl (C=O) groups is 1. The van der Waals surface area contributed by atoms with E-state index in [-0.39, 0.29) is 11.9 Å². The predicted molar refractivity (Wildman–Crippen MR) is 56.2 cm³/mol. The lowest BCUT2D eigenvalue weighted by Crippen LogP contribution is -2.34. The van der Waals surface area contributed by atoms with Crippen LogP contribution < -0.4 is 11.1 Å². The number of hydrogen-bond donors (Lipinski definition) is 3. The van der Waals surface area contributed by atoms with Crippen molar-refractivity contribution in [3.63, 3.8) is 0 Å². The van der Waals surface area contributed by atoms with Gasteiger partial charge >= 0.3 is 0 Å². The maximum absolute atomic E-state index is 11.6. The van der Waals surface area contributed by atoms with E-state index in [2.05, 4.69) is 15.5 Å². The van der Waals surface area contributed by atoms with Gasteiger partial charge in [-0.05, 0) is 12.2 Å². The molecule has 0 spiro atoms. The molecule has 1 saturated heterocycles. The minimum absolute atomic E-state index is 0.135. The highest BCUT2D eigenvalue weighted by atomic mass is 32.2. The van der Waals surface area contributed by atoms with Crippen molar-refractivity contribution in [1.82, 2.24) is 15.5 Å². The van der Waals surface area contributed by atoms with E-state index >= 15 is 0 Å². The Morgan fingerprint density at radius 1 is 1.79 bits per heavy atom. The van der Waals surface area contributed by atoms with E-state index in [1.165, 1.54) is 6.20 Å². The lowest BCUT2D eigenvalue weighted by Gasteiger charge is -2.09. The smallest absolute Gasteiger partial charge is 0.256 e. The van der Waals surface area contributed by atoms with Gasteiger partial charge < -0.3 is 11.1 Å². The number of nitrogen functional groups attached to an aromatic ring is 1. The highest BCUT2D eigenvalue weighted by Gasteiger charge is 2.20. The molecule has 1 aromatic rings. The van der Waals surface area contributed by atoms with Crippen LogP contribution >= 0.6 is 11.8 Å². The molecule has 0 bridgehead atoms. The molecule has 1 aliphatic heterocycles. The topological polar surface area (TPSA) is 83.8 Å². The molecule has 1 aromatic heterocycles. The molecule has 2 rings (SSSR count). The molecule has 0 aromatic carbocycles. The first kappa shape index (κ1) is 9.39. The molecule has 0 aliphatic carbocycles. The number of aromatic nitrogens is 2. The molecule has 5 nitrogen and oxygen atoms in total. The summed E-state index contributed by atoms with van der Waals surface area (Å²) in [6, 6.07) is 0.279. The first-order valence-corrected chi connectivity index (χ1v) is 5.60. The predicted octanol–water partition coefficient (Wildman–Crippen LogP) is 0.227. The Morgan fingerprint density at radius 2 is 2.64 bits per heavy atom. The number of hydrogen-bond acceptors (Lipinski definition) is 4. The standard InChI is InChI=1S/C8H12N4OS/c9-7-6(3-10-12-7)8(13)11-5-1-2-14-4-5/h3,5H,1-2,4H2,(H,11,13)(H3,9,10,12). The molecule has 1 fully saturated rings. The van der Waals surface area contributed by atoms with Gasteiger partial charge in [-0.2, -0.15) is 16.9 Å². The van der Waals surface area contributed by atoms with Crippen molar-refractivity contribution in [2.45, 2.75) is 12.5 Å². The highest BCUT2D eigenvalue weighted by Crippen LogP contribution is 2.17. The number of nitrogens with one attached hydrogen (secondary N) is 2. The minimum Gasteiger partial charge on any atom is -0.383 e. The number of carbonyl (C=O) groups excluding carboxylic acids is 1. The van der Waals surface area contributed by atoms with Gasteiger partial charge in [-0.25, -0.2) is 0 Å². The van der Waals surface area contributed by atoms with Crippen molar-refractivity contribution in [2.24, 2.45) is 0 Å². The van der Waals surface area contributed by atoms with Gasteiger partial charge in [-0.15, -0.1) is 0 Å². The summed E-state index contributed by atoms with van der Waals surface area (Å²) < 4.78 is 0. The Bertz CT molecular complexity index is 332. The van der Waals surface area contributed by atoms with Gasteiger partial charge in [0.15, 0.2) is 0 Å². The quantitative estimate of drug-likeness (QED) is 0.655. The summed E-state index contributed by atoms with van der Waals surface area (Å²) in [6.07, 6.45) is 2.49. The molecule has 6 heteroatoms. The van der Waals surface area contributed by atoms with Crippen LogP contribution in [-0.4, -0.2) is 33.7 Å². The summed E-state index contributed by atoms with van der Waals surface area (Å²) >= 11 is 1.86. The van der Waals surface area contributed by atoms with Gasteiger partial charge in [0.2, 0.25) is 0 Å². The zero-order valence-electron chi connectivity index (χ0n) is 7.62. The van der Waals surface area contributed by atoms with Crippen molar-refractivity contribution < 1.29 is 4.79 Å². The second kappa shape index (κ2) is 3.91. The van der Waals surface area contributed by atoms with Crippen molar-refractivity contribution in [2.75, 3.05) is 17.2 Å². The zero-order valence-corrected chi connectivity index (χ0v) is 8.43. The van der Waals surface area contributed by atoms with Crippen LogP contribution in [0.5, 0.6) is 0 Å². The van der Waals surface area contributed by atoms with Crippen molar-refractivity contribution in [3.05, 3.63) is 11.8 Å². The third kappa shape index (κ3) is 1.84. The van der Waals surface area contributed by atoms with Crippen LogP contribution in [0.25, 0.3) is 0 Å². The van der Waals surface area contributed by atoms with E-state index in [9.17, 15) is 4.79 Å². The average molecular weight is 212 g/mol. The van der Waals surface area contributed by atoms with E-state index in [1.807, 2.05) is 11.8 Å². The Labute approximate surface area is 85.8 Å². The second-order valence-electron chi connectivity index (χ2n) is 3.23. The summed E-state index contributed by atoms with van der Waals surface area (Å²) in [5, 5.41) is 9.16. The number of anilines is 1. The fourth-order valence-electron chi connectivity index (χ4n) is 1.39. The molecule has 1 atom stereocenters. The van der Waals surface area contributed by atoms with Crippen LogP contribution in [0.1, 0.15) is 16.8 Å². The van der Waals surface area contributed by atoms with E-state index in [0.29, 0.717) is 11.4 Å². The average Bonchev–Trinajstić information content (AvgIpc) is 2.75. The molecule has 76 valence electrons. The molecule has 0 radical (unpaired) electrons. The Kier molecular flexibility index (Phi) is 2.62. The number of nitrogens with two attached hydrogens (primary N) is 1. The van der Waals surface area contributed by atoms with E-state index in [1.54, 1.807) is 0 Å². The molecule has 1 aliphatic rings. The summed E-state index contributed by atoms with van der Waals surface area (Å²) in [7, 11) is 0. The number of rotatable bonds is 2. The summed E-state index contributed by atoms with van der Waals surface area (Å²) in [5.74, 6) is 2.30. The van der Waals surface area contributed by atoms with Gasteiger partial charge in [0.1, 0.15) is 11.4 Å². The van der Waals surface area contributed by atoms with E-state index < -0.39 is 0 Å². The molecule has 4 N–H and O–H groups in total. The minimum atomic E-state index is -0.135. The molecular formula is C8H12N4OS. The van der Waals surface area contributed by atoms with Crippen LogP contribution in [0, 0.1) is 0 Å². The molecule has 0 saturated carbocycles. The van der Waals surface area contributed by atoms with Gasteiger partial charge in [-0.1, -0.05) is 0 Å². The van der Waals surface area contributed by atoms with Gasteiger partial charge in [0, 0.05) is 11.8 Å². The first-order chi connectivity index (χ1) is 6.77. The SMILES string of the molecule is Nc1[nH]ncc1C(=O)NC1CCSC1. The number of amides is 1. The molecule has 14 heavy (non-hydrogen) atoms. The highest BCUT2D eigenvalue weighted by molar-refractivity contribution is 7.99. The summed E-state index contributed by atoms with van der Waals surface area (Å²) in [5.41, 5.74) is 5.96. The maximum Gasteiger partial charge on any atom is 0.256 e. The fourth-order valence-corrected chi connectivity index (χ4v) is 2.54. The van der Waals surface area contributed by atoms with E-state index in [0.717, 1.165) is 17.9 Å². The van der Waals surface area contributed by atoms with Crippen LogP contribution in [0.3, 0.4) is 0 Å². The van der Waals surface area contributed by atoms with Crippen molar-refractivity contribution >= 4 is 23.5 Å². The maximum atomic E-state index is 11.6. The number of H-pyrrole nitrogens is 1. The number of aromatic amines is 1. The summed E-state index contributed by atoms with van der Waals surface area (Å²) in [6.45, 7) is 0. The lowest BCUT2D eigenvalue weighted by atomic mass is 10.2. The van der Waals surface area contributed by atoms with Gasteiger partial charge in [-0.3, -0.25) is 9.89 Å². The van der Waals surface area contributed by atoms with E-state index in [4.69, 9.17) is 5.73 Å². The Morgan fingerprint density at radius 3 is 3.21 bits per heavy atom. The van der Waals surface area contributed by atoms with Crippen LogP contribution in [0.2, 0.25) is 0 Å². The largest absolute Gasteiger partial charge is 0.383 e. The molecule has 1 amide bonds. The third-order valence-corrected chi connectivity index (χ3v) is 3.34. The Hall–Kier alpha value is -1.17. The third-order valence-electron chi connectivity index (χ3n) is 2.18. The number of nitrogens with zero attached hydrogens (tertiary/aromatic N) is 1. The monoisotopic (exact) mass is 212 g/mol. The lowest BCUT2D eigenvalue weighted by molar-refractivity contribution is 0.0942. The summed E-state index contributed by atoms with van der Waals surface area (Å²) in [4.78, 5) is 11.6. The normalized spacial score (nSPS) is 21.0. The second-order valence-corrected chi connectivity index (χ2v) is 4.38. The molecule has 2 heterocycles. The first-order valence-electron chi connectivity index (χ1n) is 4.45. The van der Waals surface area contributed by atoms with Crippen LogP contribution in [0.15, 0.2) is 6.20 Å². The fraction of sp³-hybridized carbons (Fsp3) is 0.500. The Balaban J connectivity index is 1.98. The van der Waals surface area contributed by atoms with Crippen molar-refractivity contribution in [1.29, 1.82) is 0 Å². The number of thioether (sulfide) groups is 1. The zero-order chi connectivity index (χ0) is 9.97. The molecular weight excluding hydrogens is 200 g/mol. The van der Waals surface area contributed by atoms with Crippen molar-refractivity contribution in [3.8, 4) is 0 Å².